The Morgan fingerprint density at radius 2 is 1.89 bits per heavy atom. The molecule has 0 fully saturated rings. The van der Waals surface area contributed by atoms with Gasteiger partial charge in [-0.15, -0.1) is 0 Å². The Hall–Kier alpha value is -1.74. The van der Waals surface area contributed by atoms with E-state index in [9.17, 15) is 0 Å². The highest BCUT2D eigenvalue weighted by atomic mass is 15.0. The molecular weight excluding hydrogens is 234 g/mol. The van der Waals surface area contributed by atoms with Crippen molar-refractivity contribution < 1.29 is 0 Å². The van der Waals surface area contributed by atoms with Crippen molar-refractivity contribution in [1.82, 2.24) is 15.3 Å². The van der Waals surface area contributed by atoms with Crippen LogP contribution in [0.2, 0.25) is 0 Å². The van der Waals surface area contributed by atoms with E-state index < -0.39 is 0 Å². The minimum absolute atomic E-state index is 0.0722. The minimum Gasteiger partial charge on any atom is -0.304 e. The maximum atomic E-state index is 4.38. The van der Waals surface area contributed by atoms with Gasteiger partial charge in [-0.25, -0.2) is 9.97 Å². The molecule has 2 rings (SSSR count). The van der Waals surface area contributed by atoms with Crippen molar-refractivity contribution in [3.63, 3.8) is 0 Å². The largest absolute Gasteiger partial charge is 0.304 e. The van der Waals surface area contributed by atoms with Crippen LogP contribution in [0.4, 0.5) is 0 Å². The Kier molecular flexibility index (Phi) is 5.04. The quantitative estimate of drug-likeness (QED) is 0.861. The van der Waals surface area contributed by atoms with Crippen LogP contribution in [-0.2, 0) is 6.42 Å². The van der Waals surface area contributed by atoms with Gasteiger partial charge in [0.2, 0.25) is 0 Å². The molecule has 3 heteroatoms. The molecule has 19 heavy (non-hydrogen) atoms. The molecule has 1 aromatic heterocycles. The van der Waals surface area contributed by atoms with Gasteiger partial charge in [0.25, 0.3) is 0 Å². The SMILES string of the molecule is CCCc1cccc(C(NCC)c2ncccn2)c1. The highest BCUT2D eigenvalue weighted by Gasteiger charge is 2.15. The van der Waals surface area contributed by atoms with Gasteiger partial charge in [0.1, 0.15) is 5.82 Å². The van der Waals surface area contributed by atoms with Crippen LogP contribution in [-0.4, -0.2) is 16.5 Å². The molecule has 0 radical (unpaired) electrons. The summed E-state index contributed by atoms with van der Waals surface area (Å²) in [6, 6.07) is 10.6. The van der Waals surface area contributed by atoms with Gasteiger partial charge in [0.15, 0.2) is 0 Å². The predicted octanol–water partition coefficient (Wildman–Crippen LogP) is 3.13. The number of nitrogens with one attached hydrogen (secondary N) is 1. The Morgan fingerprint density at radius 3 is 2.58 bits per heavy atom. The molecular formula is C16H21N3. The molecule has 0 spiro atoms. The van der Waals surface area contributed by atoms with Crippen molar-refractivity contribution in [1.29, 1.82) is 0 Å². The van der Waals surface area contributed by atoms with E-state index in [2.05, 4.69) is 53.4 Å². The van der Waals surface area contributed by atoms with Crippen molar-refractivity contribution in [3.8, 4) is 0 Å². The molecule has 3 nitrogen and oxygen atoms in total. The van der Waals surface area contributed by atoms with Crippen molar-refractivity contribution in [3.05, 3.63) is 59.7 Å². The molecule has 0 bridgehead atoms. The number of nitrogens with zero attached hydrogens (tertiary/aromatic N) is 2. The second kappa shape index (κ2) is 7.00. The van der Waals surface area contributed by atoms with Crippen LogP contribution in [0.5, 0.6) is 0 Å². The molecule has 1 aromatic carbocycles. The monoisotopic (exact) mass is 255 g/mol. The second-order valence-corrected chi connectivity index (χ2v) is 4.59. The lowest BCUT2D eigenvalue weighted by Gasteiger charge is -2.17. The van der Waals surface area contributed by atoms with E-state index in [0.717, 1.165) is 25.2 Å². The number of rotatable bonds is 6. The van der Waals surface area contributed by atoms with Crippen LogP contribution in [0.15, 0.2) is 42.7 Å². The molecule has 1 heterocycles. The summed E-state index contributed by atoms with van der Waals surface area (Å²) >= 11 is 0. The molecule has 0 aliphatic heterocycles. The van der Waals surface area contributed by atoms with Gasteiger partial charge in [-0.1, -0.05) is 44.5 Å². The van der Waals surface area contributed by atoms with Crippen LogP contribution in [0.1, 0.15) is 43.3 Å². The number of benzene rings is 1. The Labute approximate surface area is 115 Å². The molecule has 0 saturated heterocycles. The van der Waals surface area contributed by atoms with Gasteiger partial charge < -0.3 is 5.32 Å². The summed E-state index contributed by atoms with van der Waals surface area (Å²) in [6.45, 7) is 5.20. The maximum Gasteiger partial charge on any atom is 0.149 e. The molecule has 0 saturated carbocycles. The van der Waals surface area contributed by atoms with Gasteiger partial charge in [0, 0.05) is 12.4 Å². The molecule has 1 unspecified atom stereocenters. The summed E-state index contributed by atoms with van der Waals surface area (Å²) < 4.78 is 0. The zero-order valence-corrected chi connectivity index (χ0v) is 11.6. The fourth-order valence-electron chi connectivity index (χ4n) is 2.24. The van der Waals surface area contributed by atoms with Gasteiger partial charge in [-0.3, -0.25) is 0 Å². The van der Waals surface area contributed by atoms with Gasteiger partial charge in [0.05, 0.1) is 6.04 Å². The summed E-state index contributed by atoms with van der Waals surface area (Å²) in [6.07, 6.45) is 5.87. The van der Waals surface area contributed by atoms with Gasteiger partial charge in [-0.05, 0) is 30.2 Å². The summed E-state index contributed by atoms with van der Waals surface area (Å²) in [5.41, 5.74) is 2.61. The van der Waals surface area contributed by atoms with Crippen LogP contribution in [0.3, 0.4) is 0 Å². The Balaban J connectivity index is 2.31. The van der Waals surface area contributed by atoms with Crippen LogP contribution >= 0.6 is 0 Å². The van der Waals surface area contributed by atoms with Crippen molar-refractivity contribution in [2.24, 2.45) is 0 Å². The van der Waals surface area contributed by atoms with Crippen molar-refractivity contribution >= 4 is 0 Å². The smallest absolute Gasteiger partial charge is 0.149 e. The summed E-state index contributed by atoms with van der Waals surface area (Å²) in [5.74, 6) is 0.831. The number of aryl methyl sites for hydroxylation is 1. The van der Waals surface area contributed by atoms with Gasteiger partial charge in [-0.2, -0.15) is 0 Å². The minimum atomic E-state index is 0.0722. The number of hydrogen-bond donors (Lipinski definition) is 1. The standard InChI is InChI=1S/C16H21N3/c1-3-7-13-8-5-9-14(12-13)15(17-4-2)16-18-10-6-11-19-16/h5-6,8-12,15,17H,3-4,7H2,1-2H3. The lowest BCUT2D eigenvalue weighted by atomic mass is 10.0. The fraction of sp³-hybridized carbons (Fsp3) is 0.375. The molecule has 1 atom stereocenters. The topological polar surface area (TPSA) is 37.8 Å². The number of aromatic nitrogens is 2. The maximum absolute atomic E-state index is 4.38. The van der Waals surface area contributed by atoms with E-state index >= 15 is 0 Å². The second-order valence-electron chi connectivity index (χ2n) is 4.59. The van der Waals surface area contributed by atoms with Gasteiger partial charge >= 0.3 is 0 Å². The summed E-state index contributed by atoms with van der Waals surface area (Å²) in [4.78, 5) is 8.75. The van der Waals surface area contributed by atoms with Crippen LogP contribution < -0.4 is 5.32 Å². The zero-order valence-electron chi connectivity index (χ0n) is 11.6. The van der Waals surface area contributed by atoms with Crippen LogP contribution in [0.25, 0.3) is 0 Å². The first-order valence-corrected chi connectivity index (χ1v) is 6.94. The first-order valence-electron chi connectivity index (χ1n) is 6.94. The predicted molar refractivity (Wildman–Crippen MR) is 78.0 cm³/mol. The normalized spacial score (nSPS) is 12.3. The van der Waals surface area contributed by atoms with E-state index in [0.29, 0.717) is 0 Å². The van der Waals surface area contributed by atoms with Crippen LogP contribution in [0, 0.1) is 0 Å². The van der Waals surface area contributed by atoms with E-state index in [1.807, 2.05) is 6.07 Å². The third-order valence-electron chi connectivity index (χ3n) is 3.08. The van der Waals surface area contributed by atoms with E-state index in [4.69, 9.17) is 0 Å². The lowest BCUT2D eigenvalue weighted by molar-refractivity contribution is 0.596. The molecule has 0 amide bonds. The average Bonchev–Trinajstić information content (AvgIpc) is 2.46. The molecule has 0 aliphatic rings. The first kappa shape index (κ1) is 13.7. The molecule has 0 aliphatic carbocycles. The Morgan fingerprint density at radius 1 is 1.11 bits per heavy atom. The fourth-order valence-corrected chi connectivity index (χ4v) is 2.24. The third kappa shape index (κ3) is 3.61. The average molecular weight is 255 g/mol. The van der Waals surface area contributed by atoms with Crippen molar-refractivity contribution in [2.45, 2.75) is 32.7 Å². The van der Waals surface area contributed by atoms with E-state index in [1.165, 1.54) is 11.1 Å². The summed E-state index contributed by atoms with van der Waals surface area (Å²) in [7, 11) is 0. The Bertz CT molecular complexity index is 496. The third-order valence-corrected chi connectivity index (χ3v) is 3.08. The molecule has 2 aromatic rings. The molecule has 1 N–H and O–H groups in total. The highest BCUT2D eigenvalue weighted by Crippen LogP contribution is 2.20. The highest BCUT2D eigenvalue weighted by molar-refractivity contribution is 5.29. The van der Waals surface area contributed by atoms with Crippen molar-refractivity contribution in [2.75, 3.05) is 6.54 Å². The van der Waals surface area contributed by atoms with E-state index in [1.54, 1.807) is 12.4 Å². The zero-order chi connectivity index (χ0) is 13.5. The molecule has 100 valence electrons. The summed E-state index contributed by atoms with van der Waals surface area (Å²) in [5, 5.41) is 3.46. The first-order chi connectivity index (χ1) is 9.35. The lowest BCUT2D eigenvalue weighted by Crippen LogP contribution is -2.24. The number of hydrogen-bond acceptors (Lipinski definition) is 3. The van der Waals surface area contributed by atoms with E-state index in [-0.39, 0.29) is 6.04 Å².